The quantitative estimate of drug-likeness (QED) is 0.278. The molecule has 1 heterocycles. The monoisotopic (exact) mass is 576 g/mol. The predicted molar refractivity (Wildman–Crippen MR) is 137 cm³/mol. The van der Waals surface area contributed by atoms with Gasteiger partial charge in [0.2, 0.25) is 0 Å². The van der Waals surface area contributed by atoms with Crippen LogP contribution in [0, 0.1) is 0 Å². The number of nitrogens with zero attached hydrogens (tertiary/aromatic N) is 2. The van der Waals surface area contributed by atoms with Crippen molar-refractivity contribution in [3.63, 3.8) is 0 Å². The maximum Gasteiger partial charge on any atom is 0.387 e. The van der Waals surface area contributed by atoms with Crippen LogP contribution in [0.15, 0.2) is 47.5 Å². The summed E-state index contributed by atoms with van der Waals surface area (Å²) in [6.45, 7) is -0.616. The Labute approximate surface area is 210 Å². The first-order valence-electron chi connectivity index (χ1n) is 10.5. The molecule has 2 N–H and O–H groups in total. The zero-order valence-corrected chi connectivity index (χ0v) is 21.3. The molecule has 0 amide bonds. The van der Waals surface area contributed by atoms with Gasteiger partial charge in [0.15, 0.2) is 5.96 Å². The van der Waals surface area contributed by atoms with Gasteiger partial charge in [0.05, 0.1) is 14.2 Å². The van der Waals surface area contributed by atoms with Gasteiger partial charge in [0, 0.05) is 56.6 Å². The summed E-state index contributed by atoms with van der Waals surface area (Å²) in [4.78, 5) is 6.60. The van der Waals surface area contributed by atoms with Crippen molar-refractivity contribution < 1.29 is 23.0 Å². The maximum absolute atomic E-state index is 12.4. The highest BCUT2D eigenvalue weighted by molar-refractivity contribution is 14.0. The van der Waals surface area contributed by atoms with E-state index in [1.165, 1.54) is 6.07 Å². The number of piperidine rings is 1. The molecule has 0 saturated carbocycles. The summed E-state index contributed by atoms with van der Waals surface area (Å²) in [6, 6.07) is 12.8. The first kappa shape index (κ1) is 26.7. The average molecular weight is 576 g/mol. The lowest BCUT2D eigenvalue weighted by atomic mass is 10.0. The van der Waals surface area contributed by atoms with Gasteiger partial charge in [-0.1, -0.05) is 12.1 Å². The van der Waals surface area contributed by atoms with Crippen LogP contribution in [0.5, 0.6) is 17.2 Å². The van der Waals surface area contributed by atoms with E-state index >= 15 is 0 Å². The number of alkyl halides is 2. The smallest absolute Gasteiger partial charge is 0.387 e. The molecule has 1 aliphatic heterocycles. The van der Waals surface area contributed by atoms with Crippen LogP contribution in [0.2, 0.25) is 0 Å². The van der Waals surface area contributed by atoms with Crippen LogP contribution in [0.4, 0.5) is 14.5 Å². The molecule has 0 atom stereocenters. The second kappa shape index (κ2) is 13.3. The highest BCUT2D eigenvalue weighted by Crippen LogP contribution is 2.30. The van der Waals surface area contributed by atoms with Crippen LogP contribution in [-0.2, 0) is 6.54 Å². The zero-order chi connectivity index (χ0) is 22.9. The Bertz CT molecular complexity index is 887. The van der Waals surface area contributed by atoms with Crippen molar-refractivity contribution >= 4 is 35.6 Å². The highest BCUT2D eigenvalue weighted by atomic mass is 127. The Kier molecular flexibility index (Phi) is 10.8. The second-order valence-electron chi connectivity index (χ2n) is 7.43. The number of hydrogen-bond donors (Lipinski definition) is 2. The van der Waals surface area contributed by atoms with Crippen molar-refractivity contribution in [3.8, 4) is 17.2 Å². The van der Waals surface area contributed by atoms with E-state index in [-0.39, 0.29) is 35.8 Å². The summed E-state index contributed by atoms with van der Waals surface area (Å²) in [7, 11) is 5.01. The van der Waals surface area contributed by atoms with Crippen LogP contribution in [-0.4, -0.2) is 53.0 Å². The molecule has 2 aromatic rings. The summed E-state index contributed by atoms with van der Waals surface area (Å²) >= 11 is 0. The molecule has 1 saturated heterocycles. The SMILES string of the molecule is CN=C(NCc1cccc(OC(F)F)c1)NC1CCN(c2cc(OC)cc(OC)c2)CC1.I. The fourth-order valence-corrected chi connectivity index (χ4v) is 3.66. The van der Waals surface area contributed by atoms with Crippen molar-refractivity contribution in [1.29, 1.82) is 0 Å². The molecule has 1 aliphatic rings. The van der Waals surface area contributed by atoms with E-state index in [4.69, 9.17) is 9.47 Å². The summed E-state index contributed by atoms with van der Waals surface area (Å²) in [5.74, 6) is 2.36. The van der Waals surface area contributed by atoms with E-state index < -0.39 is 6.61 Å². The molecule has 2 aromatic carbocycles. The van der Waals surface area contributed by atoms with Gasteiger partial charge in [-0.3, -0.25) is 4.99 Å². The second-order valence-corrected chi connectivity index (χ2v) is 7.43. The predicted octanol–water partition coefficient (Wildman–Crippen LogP) is 4.26. The molecule has 0 bridgehead atoms. The number of benzene rings is 2. The Hall–Kier alpha value is -2.50. The Morgan fingerprint density at radius 1 is 1.06 bits per heavy atom. The molecule has 33 heavy (non-hydrogen) atoms. The van der Waals surface area contributed by atoms with Gasteiger partial charge < -0.3 is 29.7 Å². The van der Waals surface area contributed by atoms with E-state index in [0.29, 0.717) is 12.5 Å². The topological polar surface area (TPSA) is 67.4 Å². The Morgan fingerprint density at radius 2 is 1.73 bits per heavy atom. The van der Waals surface area contributed by atoms with Crippen LogP contribution >= 0.6 is 24.0 Å². The van der Waals surface area contributed by atoms with E-state index in [2.05, 4.69) is 25.3 Å². The molecule has 0 aliphatic carbocycles. The molecule has 3 rings (SSSR count). The largest absolute Gasteiger partial charge is 0.497 e. The summed E-state index contributed by atoms with van der Waals surface area (Å²) in [6.07, 6.45) is 1.88. The van der Waals surface area contributed by atoms with Crippen LogP contribution in [0.25, 0.3) is 0 Å². The third-order valence-corrected chi connectivity index (χ3v) is 5.34. The normalized spacial score (nSPS) is 14.5. The molecule has 0 radical (unpaired) electrons. The van der Waals surface area contributed by atoms with E-state index in [9.17, 15) is 8.78 Å². The molecule has 182 valence electrons. The van der Waals surface area contributed by atoms with E-state index in [1.54, 1.807) is 33.4 Å². The van der Waals surface area contributed by atoms with Gasteiger partial charge in [-0.2, -0.15) is 8.78 Å². The van der Waals surface area contributed by atoms with Crippen molar-refractivity contribution in [2.75, 3.05) is 39.3 Å². The molecular weight excluding hydrogens is 545 g/mol. The number of aliphatic imine (C=N–C) groups is 1. The number of anilines is 1. The zero-order valence-electron chi connectivity index (χ0n) is 19.0. The molecule has 0 spiro atoms. The first-order chi connectivity index (χ1) is 15.5. The number of nitrogens with one attached hydrogen (secondary N) is 2. The number of rotatable bonds is 8. The van der Waals surface area contributed by atoms with Gasteiger partial charge in [-0.15, -0.1) is 24.0 Å². The van der Waals surface area contributed by atoms with Crippen molar-refractivity contribution in [3.05, 3.63) is 48.0 Å². The lowest BCUT2D eigenvalue weighted by molar-refractivity contribution is -0.0498. The van der Waals surface area contributed by atoms with E-state index in [1.807, 2.05) is 24.3 Å². The maximum atomic E-state index is 12.4. The van der Waals surface area contributed by atoms with Crippen molar-refractivity contribution in [1.82, 2.24) is 10.6 Å². The van der Waals surface area contributed by atoms with E-state index in [0.717, 1.165) is 48.7 Å². The number of methoxy groups -OCH3 is 2. The fraction of sp³-hybridized carbons (Fsp3) is 0.435. The summed E-state index contributed by atoms with van der Waals surface area (Å²) < 4.78 is 40.0. The lowest BCUT2D eigenvalue weighted by Gasteiger charge is -2.34. The van der Waals surface area contributed by atoms with Gasteiger partial charge in [-0.25, -0.2) is 0 Å². The molecule has 0 aromatic heterocycles. The minimum Gasteiger partial charge on any atom is -0.497 e. The van der Waals surface area contributed by atoms with Gasteiger partial charge in [0.25, 0.3) is 0 Å². The van der Waals surface area contributed by atoms with Crippen LogP contribution < -0.4 is 29.7 Å². The van der Waals surface area contributed by atoms with Gasteiger partial charge in [0.1, 0.15) is 17.2 Å². The average Bonchev–Trinajstić information content (AvgIpc) is 2.81. The molecule has 7 nitrogen and oxygen atoms in total. The summed E-state index contributed by atoms with van der Waals surface area (Å²) in [5.41, 5.74) is 1.90. The summed E-state index contributed by atoms with van der Waals surface area (Å²) in [5, 5.41) is 6.69. The Balaban J connectivity index is 0.00000385. The number of hydrogen-bond acceptors (Lipinski definition) is 5. The minimum absolute atomic E-state index is 0. The molecule has 10 heteroatoms. The molecule has 0 unspecified atom stereocenters. The van der Waals surface area contributed by atoms with Gasteiger partial charge in [-0.05, 0) is 30.5 Å². The van der Waals surface area contributed by atoms with Gasteiger partial charge >= 0.3 is 6.61 Å². The van der Waals surface area contributed by atoms with Crippen molar-refractivity contribution in [2.45, 2.75) is 32.0 Å². The van der Waals surface area contributed by atoms with Crippen LogP contribution in [0.1, 0.15) is 18.4 Å². The number of ether oxygens (including phenoxy) is 3. The number of guanidine groups is 1. The highest BCUT2D eigenvalue weighted by Gasteiger charge is 2.21. The third kappa shape index (κ3) is 8.09. The third-order valence-electron chi connectivity index (χ3n) is 5.34. The molecular formula is C23H31F2IN4O3. The van der Waals surface area contributed by atoms with Crippen LogP contribution in [0.3, 0.4) is 0 Å². The fourth-order valence-electron chi connectivity index (χ4n) is 3.66. The number of halogens is 3. The lowest BCUT2D eigenvalue weighted by Crippen LogP contribution is -2.48. The first-order valence-corrected chi connectivity index (χ1v) is 10.5. The Morgan fingerprint density at radius 3 is 2.30 bits per heavy atom. The minimum atomic E-state index is -2.84. The van der Waals surface area contributed by atoms with Crippen molar-refractivity contribution in [2.24, 2.45) is 4.99 Å². The molecule has 1 fully saturated rings. The standard InChI is InChI=1S/C23H30F2N4O3.HI/c1-26-23(27-15-16-5-4-6-19(11-16)32-22(24)25)28-17-7-9-29(10-8-17)18-12-20(30-2)14-21(13-18)31-3;/h4-6,11-14,17,22H,7-10,15H2,1-3H3,(H2,26,27,28);1H.